The molecule has 0 atom stereocenters. The van der Waals surface area contributed by atoms with Crippen LogP contribution in [0.3, 0.4) is 0 Å². The van der Waals surface area contributed by atoms with Crippen LogP contribution in [0.4, 0.5) is 5.69 Å². The van der Waals surface area contributed by atoms with Crippen molar-refractivity contribution in [2.75, 3.05) is 12.4 Å². The molecule has 0 unspecified atom stereocenters. The summed E-state index contributed by atoms with van der Waals surface area (Å²) < 4.78 is 6.57. The number of aromatic nitrogens is 2. The second-order valence-corrected chi connectivity index (χ2v) is 3.87. The Bertz CT molecular complexity index is 575. The number of hydrogen-bond donors (Lipinski definition) is 1. The van der Waals surface area contributed by atoms with Gasteiger partial charge in [-0.1, -0.05) is 0 Å². The van der Waals surface area contributed by atoms with Gasteiger partial charge < -0.3 is 14.6 Å². The summed E-state index contributed by atoms with van der Waals surface area (Å²) in [5, 5.41) is 2.74. The molecule has 0 radical (unpaired) electrons. The summed E-state index contributed by atoms with van der Waals surface area (Å²) >= 11 is 0. The summed E-state index contributed by atoms with van der Waals surface area (Å²) in [7, 11) is 1.58. The average Bonchev–Trinajstić information content (AvgIpc) is 2.87. The molecular formula is C13H13N3O3. The van der Waals surface area contributed by atoms with Crippen molar-refractivity contribution in [3.8, 4) is 5.75 Å². The molecule has 0 fully saturated rings. The highest BCUT2D eigenvalue weighted by atomic mass is 16.5. The Labute approximate surface area is 110 Å². The largest absolute Gasteiger partial charge is 0.497 e. The van der Waals surface area contributed by atoms with Crippen molar-refractivity contribution in [3.05, 3.63) is 42.5 Å². The molecule has 98 valence electrons. The number of hydrogen-bond acceptors (Lipinski definition) is 4. The maximum absolute atomic E-state index is 11.8. The number of anilines is 1. The van der Waals surface area contributed by atoms with Crippen LogP contribution in [-0.2, 0) is 11.3 Å². The number of carbonyl (C=O) groups is 2. The van der Waals surface area contributed by atoms with Crippen LogP contribution in [0.15, 0.2) is 36.8 Å². The van der Waals surface area contributed by atoms with Gasteiger partial charge in [-0.15, -0.1) is 0 Å². The Hall–Kier alpha value is -2.63. The van der Waals surface area contributed by atoms with Gasteiger partial charge >= 0.3 is 0 Å². The van der Waals surface area contributed by atoms with Crippen molar-refractivity contribution in [1.82, 2.24) is 9.55 Å². The van der Waals surface area contributed by atoms with Gasteiger partial charge in [-0.05, 0) is 24.3 Å². The number of amides is 1. The lowest BCUT2D eigenvalue weighted by atomic mass is 10.3. The maximum atomic E-state index is 11.8. The number of ether oxygens (including phenoxy) is 1. The fourth-order valence-electron chi connectivity index (χ4n) is 1.57. The van der Waals surface area contributed by atoms with Gasteiger partial charge in [0.15, 0.2) is 6.29 Å². The van der Waals surface area contributed by atoms with Gasteiger partial charge in [-0.2, -0.15) is 0 Å². The van der Waals surface area contributed by atoms with Gasteiger partial charge in [0, 0.05) is 11.9 Å². The molecule has 1 aromatic carbocycles. The fraction of sp³-hybridized carbons (Fsp3) is 0.154. The van der Waals surface area contributed by atoms with Crippen molar-refractivity contribution in [2.45, 2.75) is 6.54 Å². The Morgan fingerprint density at radius 1 is 1.42 bits per heavy atom. The van der Waals surface area contributed by atoms with E-state index in [4.69, 9.17) is 4.74 Å². The lowest BCUT2D eigenvalue weighted by Gasteiger charge is -2.06. The molecule has 0 saturated heterocycles. The summed E-state index contributed by atoms with van der Waals surface area (Å²) in [5.74, 6) is 0.531. The number of nitrogens with zero attached hydrogens (tertiary/aromatic N) is 2. The topological polar surface area (TPSA) is 73.2 Å². The standard InChI is InChI=1S/C13H13N3O3/c1-19-12-4-2-10(3-5-12)15-13(18)7-16-6-11(8-17)14-9-16/h2-6,8-9H,7H2,1H3,(H,15,18). The molecule has 0 aliphatic carbocycles. The van der Waals surface area contributed by atoms with E-state index in [2.05, 4.69) is 10.3 Å². The molecule has 6 nitrogen and oxygen atoms in total. The molecule has 1 aromatic heterocycles. The van der Waals surface area contributed by atoms with Gasteiger partial charge in [0.25, 0.3) is 0 Å². The van der Waals surface area contributed by atoms with Crippen molar-refractivity contribution in [3.63, 3.8) is 0 Å². The van der Waals surface area contributed by atoms with Gasteiger partial charge in [0.1, 0.15) is 18.0 Å². The van der Waals surface area contributed by atoms with Gasteiger partial charge in [-0.3, -0.25) is 9.59 Å². The molecule has 2 rings (SSSR count). The normalized spacial score (nSPS) is 9.95. The van der Waals surface area contributed by atoms with Gasteiger partial charge in [0.2, 0.25) is 5.91 Å². The zero-order chi connectivity index (χ0) is 13.7. The first-order valence-electron chi connectivity index (χ1n) is 5.62. The Morgan fingerprint density at radius 2 is 2.16 bits per heavy atom. The van der Waals surface area contributed by atoms with Crippen LogP contribution in [0.5, 0.6) is 5.75 Å². The lowest BCUT2D eigenvalue weighted by molar-refractivity contribution is -0.116. The summed E-state index contributed by atoms with van der Waals surface area (Å²) in [5.41, 5.74) is 0.985. The predicted octanol–water partition coefficient (Wildman–Crippen LogP) is 1.34. The van der Waals surface area contributed by atoms with Gasteiger partial charge in [0.05, 0.1) is 13.4 Å². The van der Waals surface area contributed by atoms with Crippen molar-refractivity contribution in [2.24, 2.45) is 0 Å². The van der Waals surface area contributed by atoms with Crippen molar-refractivity contribution < 1.29 is 14.3 Å². The molecule has 0 saturated carbocycles. The molecular weight excluding hydrogens is 246 g/mol. The summed E-state index contributed by atoms with van der Waals surface area (Å²) in [6, 6.07) is 7.03. The second kappa shape index (κ2) is 5.81. The Kier molecular flexibility index (Phi) is 3.92. The molecule has 1 N–H and O–H groups in total. The SMILES string of the molecule is COc1ccc(NC(=O)Cn2cnc(C=O)c2)cc1. The Balaban J connectivity index is 1.94. The summed E-state index contributed by atoms with van der Waals surface area (Å²) in [6.07, 6.45) is 3.59. The molecule has 0 spiro atoms. The monoisotopic (exact) mass is 259 g/mol. The number of imidazole rings is 1. The summed E-state index contributed by atoms with van der Waals surface area (Å²) in [6.45, 7) is 0.104. The number of nitrogens with one attached hydrogen (secondary N) is 1. The number of benzene rings is 1. The van der Waals surface area contributed by atoms with E-state index in [1.165, 1.54) is 12.5 Å². The van der Waals surface area contributed by atoms with Crippen LogP contribution in [0.25, 0.3) is 0 Å². The molecule has 0 aliphatic rings. The van der Waals surface area contributed by atoms with E-state index >= 15 is 0 Å². The van der Waals surface area contributed by atoms with Crippen molar-refractivity contribution >= 4 is 17.9 Å². The van der Waals surface area contributed by atoms with E-state index in [-0.39, 0.29) is 12.5 Å². The van der Waals surface area contributed by atoms with E-state index in [0.29, 0.717) is 17.7 Å². The maximum Gasteiger partial charge on any atom is 0.244 e. The van der Waals surface area contributed by atoms with E-state index in [0.717, 1.165) is 5.75 Å². The minimum atomic E-state index is -0.194. The zero-order valence-corrected chi connectivity index (χ0v) is 10.4. The first kappa shape index (κ1) is 12.8. The summed E-state index contributed by atoms with van der Waals surface area (Å²) in [4.78, 5) is 26.0. The van der Waals surface area contributed by atoms with Crippen molar-refractivity contribution in [1.29, 1.82) is 0 Å². The van der Waals surface area contributed by atoms with Gasteiger partial charge in [-0.25, -0.2) is 4.98 Å². The number of carbonyl (C=O) groups excluding carboxylic acids is 2. The predicted molar refractivity (Wildman–Crippen MR) is 69.2 cm³/mol. The highest BCUT2D eigenvalue weighted by Crippen LogP contribution is 2.14. The van der Waals surface area contributed by atoms with Crippen LogP contribution < -0.4 is 10.1 Å². The minimum absolute atomic E-state index is 0.104. The third kappa shape index (κ3) is 3.41. The van der Waals surface area contributed by atoms with E-state index < -0.39 is 0 Å². The number of rotatable bonds is 5. The molecule has 0 bridgehead atoms. The number of methoxy groups -OCH3 is 1. The number of aldehydes is 1. The molecule has 19 heavy (non-hydrogen) atoms. The zero-order valence-electron chi connectivity index (χ0n) is 10.4. The Morgan fingerprint density at radius 3 is 2.74 bits per heavy atom. The molecule has 0 aliphatic heterocycles. The van der Waals surface area contributed by atoms with Crippen LogP contribution in [0.2, 0.25) is 0 Å². The van der Waals surface area contributed by atoms with E-state index in [1.807, 2.05) is 0 Å². The first-order chi connectivity index (χ1) is 9.21. The third-order valence-corrected chi connectivity index (χ3v) is 2.47. The van der Waals surface area contributed by atoms with Crippen LogP contribution in [0, 0.1) is 0 Å². The highest BCUT2D eigenvalue weighted by Gasteiger charge is 2.05. The van der Waals surface area contributed by atoms with Crippen LogP contribution >= 0.6 is 0 Å². The van der Waals surface area contributed by atoms with Crippen LogP contribution in [-0.4, -0.2) is 28.9 Å². The lowest BCUT2D eigenvalue weighted by Crippen LogP contribution is -2.17. The highest BCUT2D eigenvalue weighted by molar-refractivity contribution is 5.90. The third-order valence-electron chi connectivity index (χ3n) is 2.47. The van der Waals surface area contributed by atoms with E-state index in [9.17, 15) is 9.59 Å². The molecule has 1 amide bonds. The average molecular weight is 259 g/mol. The molecule has 1 heterocycles. The second-order valence-electron chi connectivity index (χ2n) is 3.87. The fourth-order valence-corrected chi connectivity index (χ4v) is 1.57. The van der Waals surface area contributed by atoms with E-state index in [1.54, 1.807) is 35.9 Å². The first-order valence-corrected chi connectivity index (χ1v) is 5.62. The molecule has 2 aromatic rings. The molecule has 6 heteroatoms. The minimum Gasteiger partial charge on any atom is -0.497 e. The quantitative estimate of drug-likeness (QED) is 0.822. The smallest absolute Gasteiger partial charge is 0.244 e. The van der Waals surface area contributed by atoms with Crippen LogP contribution in [0.1, 0.15) is 10.5 Å².